The average molecular weight is 403 g/mol. The molecule has 0 bridgehead atoms. The maximum Gasteiger partial charge on any atom is 0.338 e. The van der Waals surface area contributed by atoms with E-state index in [1.54, 1.807) is 11.8 Å². The van der Waals surface area contributed by atoms with Crippen molar-refractivity contribution in [3.63, 3.8) is 0 Å². The fourth-order valence-corrected chi connectivity index (χ4v) is 4.24. The fourth-order valence-electron chi connectivity index (χ4n) is 3.21. The van der Waals surface area contributed by atoms with E-state index in [1.165, 1.54) is 11.8 Å². The molecule has 2 heterocycles. The highest BCUT2D eigenvalue weighted by molar-refractivity contribution is 8.15. The van der Waals surface area contributed by atoms with Gasteiger partial charge < -0.3 is 9.47 Å². The van der Waals surface area contributed by atoms with E-state index in [0.717, 1.165) is 11.3 Å². The number of esters is 1. The summed E-state index contributed by atoms with van der Waals surface area (Å²) in [7, 11) is 0. The standard InChI is InChI=1S/C21H26N2O4S/c1-6-26-16-9-7-15(8-10-16)18-17(20(25)27-11-12(2)3)13(4)22-21-23(18)19(24)14(5)28-21/h7-10,12,14,18H,6,11H2,1-5H3/t14-,18+/m0/s1. The van der Waals surface area contributed by atoms with Crippen LogP contribution in [-0.4, -0.2) is 40.4 Å². The molecule has 7 heteroatoms. The zero-order valence-electron chi connectivity index (χ0n) is 16.9. The van der Waals surface area contributed by atoms with E-state index in [0.29, 0.717) is 29.7 Å². The summed E-state index contributed by atoms with van der Waals surface area (Å²) in [6.07, 6.45) is 0. The summed E-state index contributed by atoms with van der Waals surface area (Å²) in [6.45, 7) is 10.4. The molecule has 1 aromatic rings. The number of amidine groups is 1. The molecule has 0 aromatic heterocycles. The minimum atomic E-state index is -0.548. The highest BCUT2D eigenvalue weighted by atomic mass is 32.2. The normalized spacial score (nSPS) is 21.7. The van der Waals surface area contributed by atoms with E-state index in [9.17, 15) is 9.59 Å². The molecule has 0 spiro atoms. The van der Waals surface area contributed by atoms with Gasteiger partial charge >= 0.3 is 5.97 Å². The molecule has 0 unspecified atom stereocenters. The molecule has 1 aromatic carbocycles. The van der Waals surface area contributed by atoms with Gasteiger partial charge in [0.05, 0.1) is 35.8 Å². The van der Waals surface area contributed by atoms with Crippen molar-refractivity contribution in [2.24, 2.45) is 10.9 Å². The summed E-state index contributed by atoms with van der Waals surface area (Å²) in [4.78, 5) is 31.9. The quantitative estimate of drug-likeness (QED) is 0.675. The second-order valence-electron chi connectivity index (χ2n) is 7.26. The van der Waals surface area contributed by atoms with Gasteiger partial charge in [-0.2, -0.15) is 0 Å². The van der Waals surface area contributed by atoms with Crippen LogP contribution in [0.2, 0.25) is 0 Å². The summed E-state index contributed by atoms with van der Waals surface area (Å²) in [5.74, 6) is 0.492. The van der Waals surface area contributed by atoms with E-state index in [1.807, 2.05) is 52.0 Å². The van der Waals surface area contributed by atoms with Crippen LogP contribution in [0.4, 0.5) is 0 Å². The number of ether oxygens (including phenoxy) is 2. The van der Waals surface area contributed by atoms with Crippen LogP contribution in [0.15, 0.2) is 40.5 Å². The topological polar surface area (TPSA) is 68.2 Å². The Kier molecular flexibility index (Phi) is 6.13. The van der Waals surface area contributed by atoms with Crippen molar-refractivity contribution in [3.8, 4) is 5.75 Å². The Morgan fingerprint density at radius 3 is 2.57 bits per heavy atom. The monoisotopic (exact) mass is 402 g/mol. The smallest absolute Gasteiger partial charge is 0.338 e. The minimum absolute atomic E-state index is 0.0516. The number of hydrogen-bond donors (Lipinski definition) is 0. The Morgan fingerprint density at radius 2 is 1.96 bits per heavy atom. The maximum absolute atomic E-state index is 12.9. The van der Waals surface area contributed by atoms with E-state index in [4.69, 9.17) is 9.47 Å². The van der Waals surface area contributed by atoms with Crippen LogP contribution >= 0.6 is 11.8 Å². The third kappa shape index (κ3) is 3.94. The number of thioether (sulfide) groups is 1. The summed E-state index contributed by atoms with van der Waals surface area (Å²) in [5, 5.41) is 0.400. The Morgan fingerprint density at radius 1 is 1.29 bits per heavy atom. The first-order valence-electron chi connectivity index (χ1n) is 9.52. The second-order valence-corrected chi connectivity index (χ2v) is 8.57. The van der Waals surface area contributed by atoms with Crippen LogP contribution in [0.5, 0.6) is 5.75 Å². The molecule has 1 saturated heterocycles. The summed E-state index contributed by atoms with van der Waals surface area (Å²) >= 11 is 1.42. The van der Waals surface area contributed by atoms with Crippen molar-refractivity contribution in [2.75, 3.05) is 13.2 Å². The van der Waals surface area contributed by atoms with Crippen LogP contribution in [0.25, 0.3) is 0 Å². The third-order valence-corrected chi connectivity index (χ3v) is 5.59. The van der Waals surface area contributed by atoms with Gasteiger partial charge in [-0.05, 0) is 44.4 Å². The van der Waals surface area contributed by atoms with Gasteiger partial charge in [0.1, 0.15) is 5.75 Å². The Hall–Kier alpha value is -2.28. The van der Waals surface area contributed by atoms with Gasteiger partial charge in [-0.1, -0.05) is 37.7 Å². The van der Waals surface area contributed by atoms with Crippen LogP contribution in [-0.2, 0) is 14.3 Å². The van der Waals surface area contributed by atoms with Crippen molar-refractivity contribution in [3.05, 3.63) is 41.1 Å². The van der Waals surface area contributed by atoms with Crippen molar-refractivity contribution in [1.29, 1.82) is 0 Å². The Labute approximate surface area is 170 Å². The van der Waals surface area contributed by atoms with Crippen molar-refractivity contribution < 1.29 is 19.1 Å². The summed E-state index contributed by atoms with van der Waals surface area (Å²) < 4.78 is 11.0. The van der Waals surface area contributed by atoms with Crippen molar-refractivity contribution >= 4 is 28.8 Å². The van der Waals surface area contributed by atoms with E-state index in [2.05, 4.69) is 4.99 Å². The number of fused-ring (bicyclic) bond motifs is 1. The van der Waals surface area contributed by atoms with Crippen LogP contribution in [0.3, 0.4) is 0 Å². The van der Waals surface area contributed by atoms with E-state index >= 15 is 0 Å². The predicted molar refractivity (Wildman–Crippen MR) is 110 cm³/mol. The SMILES string of the molecule is CCOc1ccc([C@@H]2C(C(=O)OCC(C)C)=C(C)N=C3S[C@@H](C)C(=O)N32)cc1. The average Bonchev–Trinajstić information content (AvgIpc) is 2.93. The molecular weight excluding hydrogens is 376 g/mol. The number of aliphatic imine (C=N–C) groups is 1. The largest absolute Gasteiger partial charge is 0.494 e. The number of allylic oxidation sites excluding steroid dienone is 1. The molecule has 6 nitrogen and oxygen atoms in total. The number of hydrogen-bond acceptors (Lipinski definition) is 6. The highest BCUT2D eigenvalue weighted by Crippen LogP contribution is 2.43. The second kappa shape index (κ2) is 8.39. The van der Waals surface area contributed by atoms with Crippen molar-refractivity contribution in [1.82, 2.24) is 4.90 Å². The third-order valence-electron chi connectivity index (χ3n) is 4.53. The first kappa shape index (κ1) is 20.5. The molecule has 2 aliphatic rings. The van der Waals surface area contributed by atoms with Gasteiger partial charge in [0.2, 0.25) is 5.91 Å². The Bertz CT molecular complexity index is 829. The lowest BCUT2D eigenvalue weighted by Gasteiger charge is -2.33. The molecule has 0 radical (unpaired) electrons. The fraction of sp³-hybridized carbons (Fsp3) is 0.476. The molecule has 1 fully saturated rings. The minimum Gasteiger partial charge on any atom is -0.494 e. The van der Waals surface area contributed by atoms with Crippen LogP contribution in [0.1, 0.15) is 46.2 Å². The van der Waals surface area contributed by atoms with Crippen LogP contribution < -0.4 is 4.74 Å². The number of carbonyl (C=O) groups excluding carboxylic acids is 2. The number of benzene rings is 1. The van der Waals surface area contributed by atoms with Gasteiger partial charge in [0, 0.05) is 0 Å². The summed E-state index contributed by atoms with van der Waals surface area (Å²) in [5.41, 5.74) is 1.83. The van der Waals surface area contributed by atoms with Gasteiger partial charge in [-0.25, -0.2) is 9.79 Å². The lowest BCUT2D eigenvalue weighted by molar-refractivity contribution is -0.141. The Balaban J connectivity index is 2.03. The van der Waals surface area contributed by atoms with Gasteiger partial charge in [-0.15, -0.1) is 0 Å². The van der Waals surface area contributed by atoms with Crippen LogP contribution in [0, 0.1) is 5.92 Å². The number of nitrogens with zero attached hydrogens (tertiary/aromatic N) is 2. The van der Waals surface area contributed by atoms with Gasteiger partial charge in [0.15, 0.2) is 5.17 Å². The molecule has 0 N–H and O–H groups in total. The molecule has 0 saturated carbocycles. The first-order chi connectivity index (χ1) is 13.3. The number of rotatable bonds is 6. The molecule has 150 valence electrons. The van der Waals surface area contributed by atoms with Crippen molar-refractivity contribution in [2.45, 2.75) is 45.9 Å². The molecule has 1 amide bonds. The molecular formula is C21H26N2O4S. The summed E-state index contributed by atoms with van der Waals surface area (Å²) in [6, 6.07) is 6.94. The molecule has 3 rings (SSSR count). The van der Waals surface area contributed by atoms with Gasteiger partial charge in [0.25, 0.3) is 0 Å². The molecule has 0 aliphatic carbocycles. The number of amides is 1. The molecule has 28 heavy (non-hydrogen) atoms. The molecule has 2 atom stereocenters. The molecule has 2 aliphatic heterocycles. The zero-order chi connectivity index (χ0) is 20.4. The van der Waals surface area contributed by atoms with E-state index in [-0.39, 0.29) is 17.1 Å². The predicted octanol–water partition coefficient (Wildman–Crippen LogP) is 3.93. The lowest BCUT2D eigenvalue weighted by atomic mass is 9.94. The lowest BCUT2D eigenvalue weighted by Crippen LogP contribution is -2.40. The van der Waals surface area contributed by atoms with E-state index < -0.39 is 12.0 Å². The maximum atomic E-state index is 12.9. The zero-order valence-corrected chi connectivity index (χ0v) is 17.7. The first-order valence-corrected chi connectivity index (χ1v) is 10.4. The van der Waals surface area contributed by atoms with Gasteiger partial charge in [-0.3, -0.25) is 9.69 Å². The highest BCUT2D eigenvalue weighted by Gasteiger charge is 2.46. The number of carbonyl (C=O) groups is 2.